The van der Waals surface area contributed by atoms with Gasteiger partial charge in [0.1, 0.15) is 0 Å². The maximum absolute atomic E-state index is 12.6. The van der Waals surface area contributed by atoms with Crippen LogP contribution in [0.1, 0.15) is 49.0 Å². The Bertz CT molecular complexity index is 779. The number of amidine groups is 1. The molecule has 1 aromatic carbocycles. The van der Waals surface area contributed by atoms with Gasteiger partial charge in [-0.3, -0.25) is 9.79 Å². The fourth-order valence-electron chi connectivity index (χ4n) is 3.43. The van der Waals surface area contributed by atoms with Crippen LogP contribution >= 0.6 is 11.8 Å². The number of benzene rings is 1. The monoisotopic (exact) mass is 369 g/mol. The van der Waals surface area contributed by atoms with Crippen molar-refractivity contribution >= 4 is 22.8 Å². The maximum Gasteiger partial charge on any atom is 0.255 e. The Labute approximate surface area is 160 Å². The van der Waals surface area contributed by atoms with Gasteiger partial charge in [-0.25, -0.2) is 0 Å². The highest BCUT2D eigenvalue weighted by molar-refractivity contribution is 8.13. The van der Waals surface area contributed by atoms with Crippen LogP contribution in [0.15, 0.2) is 52.7 Å². The molecular weight excluding hydrogens is 342 g/mol. The molecule has 0 radical (unpaired) electrons. The number of hydrogen-bond donors (Lipinski definition) is 2. The lowest BCUT2D eigenvalue weighted by molar-refractivity contribution is 0.0966. The lowest BCUT2D eigenvalue weighted by Crippen LogP contribution is -2.35. The Kier molecular flexibility index (Phi) is 5.56. The molecule has 0 aromatic heterocycles. The quantitative estimate of drug-likeness (QED) is 0.837. The van der Waals surface area contributed by atoms with E-state index in [1.807, 2.05) is 31.2 Å². The summed E-state index contributed by atoms with van der Waals surface area (Å²) in [6.45, 7) is 6.35. The van der Waals surface area contributed by atoms with E-state index in [0.29, 0.717) is 16.6 Å². The highest BCUT2D eigenvalue weighted by Gasteiger charge is 2.34. The highest BCUT2D eigenvalue weighted by atomic mass is 32.2. The number of nitrogens with one attached hydrogen (secondary N) is 1. The molecule has 3 rings (SSSR count). The second kappa shape index (κ2) is 7.70. The largest absolute Gasteiger partial charge is 0.379 e. The number of allylic oxidation sites excluding steroid dienone is 2. The molecule has 26 heavy (non-hydrogen) atoms. The van der Waals surface area contributed by atoms with Gasteiger partial charge in [0.05, 0.1) is 5.54 Å². The van der Waals surface area contributed by atoms with Crippen LogP contribution in [0.4, 0.5) is 0 Å². The Morgan fingerprint density at radius 2 is 2.12 bits per heavy atom. The molecule has 3 N–H and O–H groups in total. The topological polar surface area (TPSA) is 67.5 Å². The van der Waals surface area contributed by atoms with Crippen molar-refractivity contribution in [2.24, 2.45) is 16.6 Å². The molecule has 1 aliphatic heterocycles. The van der Waals surface area contributed by atoms with Crippen LogP contribution in [-0.4, -0.2) is 22.4 Å². The molecule has 1 aromatic rings. The summed E-state index contributed by atoms with van der Waals surface area (Å²) in [5.41, 5.74) is 9.67. The second-order valence-electron chi connectivity index (χ2n) is 7.31. The molecule has 1 heterocycles. The first kappa shape index (κ1) is 18.8. The second-order valence-corrected chi connectivity index (χ2v) is 8.42. The number of rotatable bonds is 4. The van der Waals surface area contributed by atoms with Crippen LogP contribution in [0.2, 0.25) is 0 Å². The summed E-state index contributed by atoms with van der Waals surface area (Å²) in [5.74, 6) is 1.32. The minimum absolute atomic E-state index is 0.0732. The van der Waals surface area contributed by atoms with Gasteiger partial charge in [0.25, 0.3) is 5.91 Å². The lowest BCUT2D eigenvalue weighted by Gasteiger charge is -2.35. The summed E-state index contributed by atoms with van der Waals surface area (Å²) in [6.07, 6.45) is 7.25. The van der Waals surface area contributed by atoms with Crippen LogP contribution in [0.3, 0.4) is 0 Å². The molecule has 2 atom stereocenters. The summed E-state index contributed by atoms with van der Waals surface area (Å²) in [5, 5.41) is 3.74. The molecular formula is C21H27N3OS. The van der Waals surface area contributed by atoms with Crippen molar-refractivity contribution in [1.82, 2.24) is 5.32 Å². The van der Waals surface area contributed by atoms with Crippen LogP contribution in [0, 0.1) is 12.8 Å². The standard InChI is InChI=1S/C21H27N3OS/c1-4-15-11-17(21(3)9-10-26-20(22)24-21)13-18(12-15)23-19(25)16-7-5-14(2)6-8-16/h5-8,12-13,15H,4,9-11H2,1-3H3,(H2,22,24)(H,23,25). The molecule has 4 nitrogen and oxygen atoms in total. The van der Waals surface area contributed by atoms with Gasteiger partial charge in [-0.2, -0.15) is 0 Å². The third-order valence-electron chi connectivity index (χ3n) is 5.21. The minimum Gasteiger partial charge on any atom is -0.379 e. The van der Waals surface area contributed by atoms with E-state index in [0.717, 1.165) is 36.3 Å². The van der Waals surface area contributed by atoms with Gasteiger partial charge < -0.3 is 11.1 Å². The van der Waals surface area contributed by atoms with Crippen LogP contribution < -0.4 is 11.1 Å². The fraction of sp³-hybridized carbons (Fsp3) is 0.429. The van der Waals surface area contributed by atoms with Crippen molar-refractivity contribution in [3.63, 3.8) is 0 Å². The van der Waals surface area contributed by atoms with Crippen molar-refractivity contribution in [2.75, 3.05) is 5.75 Å². The number of thioether (sulfide) groups is 1. The average Bonchev–Trinajstić information content (AvgIpc) is 2.61. The molecule has 2 aliphatic rings. The zero-order valence-electron chi connectivity index (χ0n) is 15.7. The Balaban J connectivity index is 1.84. The molecule has 0 fully saturated rings. The Hall–Kier alpha value is -2.01. The van der Waals surface area contributed by atoms with Gasteiger partial charge >= 0.3 is 0 Å². The van der Waals surface area contributed by atoms with Crippen molar-refractivity contribution in [3.05, 3.63) is 58.8 Å². The van der Waals surface area contributed by atoms with Crippen molar-refractivity contribution < 1.29 is 4.79 Å². The van der Waals surface area contributed by atoms with E-state index in [4.69, 9.17) is 10.7 Å². The molecule has 1 amide bonds. The normalized spacial score (nSPS) is 25.8. The summed E-state index contributed by atoms with van der Waals surface area (Å²) in [6, 6.07) is 7.64. The van der Waals surface area contributed by atoms with Crippen LogP contribution in [0.25, 0.3) is 0 Å². The smallest absolute Gasteiger partial charge is 0.255 e. The van der Waals surface area contributed by atoms with Gasteiger partial charge in [-0.1, -0.05) is 42.5 Å². The van der Waals surface area contributed by atoms with E-state index in [9.17, 15) is 4.79 Å². The molecule has 1 aliphatic carbocycles. The number of carbonyl (C=O) groups is 1. The lowest BCUT2D eigenvalue weighted by atomic mass is 9.79. The van der Waals surface area contributed by atoms with Crippen LogP contribution in [-0.2, 0) is 0 Å². The van der Waals surface area contributed by atoms with Gasteiger partial charge in [0, 0.05) is 17.0 Å². The molecule has 5 heteroatoms. The Morgan fingerprint density at radius 1 is 1.38 bits per heavy atom. The van der Waals surface area contributed by atoms with Crippen molar-refractivity contribution in [1.29, 1.82) is 0 Å². The number of carbonyl (C=O) groups excluding carboxylic acids is 1. The number of nitrogens with two attached hydrogens (primary N) is 1. The van der Waals surface area contributed by atoms with Gasteiger partial charge in [0.2, 0.25) is 0 Å². The highest BCUT2D eigenvalue weighted by Crippen LogP contribution is 2.38. The van der Waals surface area contributed by atoms with Crippen LogP contribution in [0.5, 0.6) is 0 Å². The first-order valence-electron chi connectivity index (χ1n) is 9.18. The van der Waals surface area contributed by atoms with Gasteiger partial charge in [-0.05, 0) is 62.8 Å². The first-order chi connectivity index (χ1) is 12.4. The number of hydrogen-bond acceptors (Lipinski definition) is 4. The third kappa shape index (κ3) is 4.21. The molecule has 0 spiro atoms. The van der Waals surface area contributed by atoms with E-state index < -0.39 is 0 Å². The molecule has 0 saturated carbocycles. The van der Waals surface area contributed by atoms with Gasteiger partial charge in [0.15, 0.2) is 5.17 Å². The molecule has 138 valence electrons. The van der Waals surface area contributed by atoms with Gasteiger partial charge in [-0.15, -0.1) is 0 Å². The third-order valence-corrected chi connectivity index (χ3v) is 6.01. The predicted octanol–water partition coefficient (Wildman–Crippen LogP) is 4.18. The summed E-state index contributed by atoms with van der Waals surface area (Å²) < 4.78 is 0. The first-order valence-corrected chi connectivity index (χ1v) is 10.2. The van der Waals surface area contributed by atoms with E-state index in [1.165, 1.54) is 5.57 Å². The van der Waals surface area contributed by atoms with Crippen molar-refractivity contribution in [2.45, 2.75) is 45.6 Å². The van der Waals surface area contributed by atoms with E-state index in [-0.39, 0.29) is 11.4 Å². The summed E-state index contributed by atoms with van der Waals surface area (Å²) in [7, 11) is 0. The molecule has 0 bridgehead atoms. The zero-order chi connectivity index (χ0) is 18.7. The van der Waals surface area contributed by atoms with Crippen molar-refractivity contribution in [3.8, 4) is 0 Å². The number of aryl methyl sites for hydroxylation is 1. The van der Waals surface area contributed by atoms with E-state index >= 15 is 0 Å². The average molecular weight is 370 g/mol. The summed E-state index contributed by atoms with van der Waals surface area (Å²) >= 11 is 1.62. The molecule has 0 saturated heterocycles. The maximum atomic E-state index is 12.6. The minimum atomic E-state index is -0.267. The fourth-order valence-corrected chi connectivity index (χ4v) is 4.41. The SMILES string of the molecule is CCC1C=C(NC(=O)c2ccc(C)cc2)C=C(C2(C)CCSC(N)=N2)C1. The number of aliphatic imine (C=N–C) groups is 1. The Morgan fingerprint density at radius 3 is 2.77 bits per heavy atom. The van der Waals surface area contributed by atoms with E-state index in [2.05, 4.69) is 31.3 Å². The number of nitrogens with zero attached hydrogens (tertiary/aromatic N) is 1. The predicted molar refractivity (Wildman–Crippen MR) is 110 cm³/mol. The zero-order valence-corrected chi connectivity index (χ0v) is 16.5. The summed E-state index contributed by atoms with van der Waals surface area (Å²) in [4.78, 5) is 17.3. The van der Waals surface area contributed by atoms with E-state index in [1.54, 1.807) is 11.8 Å². The molecule has 2 unspecified atom stereocenters. The number of amides is 1.